The van der Waals surface area contributed by atoms with Gasteiger partial charge < -0.3 is 9.64 Å². The lowest BCUT2D eigenvalue weighted by molar-refractivity contribution is -0.142. The summed E-state index contributed by atoms with van der Waals surface area (Å²) in [7, 11) is -3.55. The number of benzene rings is 1. The van der Waals surface area contributed by atoms with Crippen LogP contribution >= 0.6 is 0 Å². The van der Waals surface area contributed by atoms with E-state index in [1.165, 1.54) is 0 Å². The van der Waals surface area contributed by atoms with E-state index in [2.05, 4.69) is 4.72 Å². The number of hydrogen-bond acceptors (Lipinski definition) is 4. The molecule has 0 unspecified atom stereocenters. The van der Waals surface area contributed by atoms with Crippen LogP contribution < -0.4 is 4.72 Å². The maximum Gasteiger partial charge on any atom is 0.251 e. The molecule has 6 nitrogen and oxygen atoms in total. The van der Waals surface area contributed by atoms with Gasteiger partial charge in [0.1, 0.15) is 6.10 Å². The van der Waals surface area contributed by atoms with Gasteiger partial charge in [0.25, 0.3) is 5.91 Å². The minimum absolute atomic E-state index is 0.00823. The Kier molecular flexibility index (Phi) is 4.99. The fraction of sp³-hybridized carbons (Fsp3) is 0.562. The molecular weight excluding hydrogens is 316 g/mol. The van der Waals surface area contributed by atoms with Crippen molar-refractivity contribution in [2.45, 2.75) is 42.7 Å². The molecule has 2 aliphatic heterocycles. The number of ether oxygens (including phenoxy) is 1. The molecule has 7 heteroatoms. The molecule has 2 atom stereocenters. The van der Waals surface area contributed by atoms with Gasteiger partial charge in [-0.15, -0.1) is 0 Å². The molecule has 2 fully saturated rings. The number of piperidine rings is 1. The Labute approximate surface area is 136 Å². The second kappa shape index (κ2) is 6.98. The van der Waals surface area contributed by atoms with Crippen molar-refractivity contribution >= 4 is 15.9 Å². The minimum atomic E-state index is -3.55. The van der Waals surface area contributed by atoms with E-state index in [0.29, 0.717) is 19.7 Å². The smallest absolute Gasteiger partial charge is 0.251 e. The minimum Gasteiger partial charge on any atom is -0.368 e. The van der Waals surface area contributed by atoms with E-state index < -0.39 is 10.0 Å². The average molecular weight is 338 g/mol. The van der Waals surface area contributed by atoms with Gasteiger partial charge in [0.2, 0.25) is 10.0 Å². The SMILES string of the molecule is O=C([C@@H]1CCCO1)N1CCC[C@H](NS(=O)(=O)c2ccccc2)C1. The number of amides is 1. The molecule has 1 amide bonds. The zero-order valence-electron chi connectivity index (χ0n) is 13.0. The molecule has 0 saturated carbocycles. The van der Waals surface area contributed by atoms with Gasteiger partial charge in [-0.2, -0.15) is 0 Å². The number of carbonyl (C=O) groups excluding carboxylic acids is 1. The van der Waals surface area contributed by atoms with Crippen LogP contribution in [0.2, 0.25) is 0 Å². The Balaban J connectivity index is 1.63. The van der Waals surface area contributed by atoms with Gasteiger partial charge in [-0.25, -0.2) is 13.1 Å². The lowest BCUT2D eigenvalue weighted by Gasteiger charge is -2.34. The maximum atomic E-state index is 12.4. The molecule has 0 spiro atoms. The summed E-state index contributed by atoms with van der Waals surface area (Å²) in [5.41, 5.74) is 0. The molecule has 0 bridgehead atoms. The van der Waals surface area contributed by atoms with Crippen LogP contribution in [0.15, 0.2) is 35.2 Å². The number of rotatable bonds is 4. The van der Waals surface area contributed by atoms with Crippen molar-refractivity contribution in [2.75, 3.05) is 19.7 Å². The highest BCUT2D eigenvalue weighted by molar-refractivity contribution is 7.89. The molecule has 126 valence electrons. The van der Waals surface area contributed by atoms with Crippen molar-refractivity contribution in [3.63, 3.8) is 0 Å². The van der Waals surface area contributed by atoms with E-state index in [1.54, 1.807) is 35.2 Å². The predicted octanol–water partition coefficient (Wildman–Crippen LogP) is 1.13. The fourth-order valence-electron chi connectivity index (χ4n) is 3.14. The van der Waals surface area contributed by atoms with Crippen LogP contribution in [0.3, 0.4) is 0 Å². The normalized spacial score (nSPS) is 25.5. The maximum absolute atomic E-state index is 12.4. The molecule has 23 heavy (non-hydrogen) atoms. The van der Waals surface area contributed by atoms with Crippen LogP contribution in [-0.4, -0.2) is 51.1 Å². The van der Waals surface area contributed by atoms with Crippen molar-refractivity contribution in [3.8, 4) is 0 Å². The first-order chi connectivity index (χ1) is 11.1. The second-order valence-corrected chi connectivity index (χ2v) is 7.77. The van der Waals surface area contributed by atoms with Gasteiger partial charge in [0, 0.05) is 25.7 Å². The zero-order valence-corrected chi connectivity index (χ0v) is 13.8. The summed E-state index contributed by atoms with van der Waals surface area (Å²) >= 11 is 0. The summed E-state index contributed by atoms with van der Waals surface area (Å²) in [5, 5.41) is 0. The summed E-state index contributed by atoms with van der Waals surface area (Å²) in [6.45, 7) is 1.71. The number of nitrogens with zero attached hydrogens (tertiary/aromatic N) is 1. The van der Waals surface area contributed by atoms with E-state index in [1.807, 2.05) is 0 Å². The standard InChI is InChI=1S/C16H22N2O4S/c19-16(15-9-5-11-22-15)18-10-4-6-13(12-18)17-23(20,21)14-7-2-1-3-8-14/h1-3,7-8,13,15,17H,4-6,9-12H2/t13-,15-/m0/s1. The van der Waals surface area contributed by atoms with Crippen molar-refractivity contribution in [2.24, 2.45) is 0 Å². The number of sulfonamides is 1. The molecule has 3 rings (SSSR count). The topological polar surface area (TPSA) is 75.7 Å². The first kappa shape index (κ1) is 16.4. The van der Waals surface area contributed by atoms with Crippen molar-refractivity contribution in [3.05, 3.63) is 30.3 Å². The highest BCUT2D eigenvalue weighted by atomic mass is 32.2. The zero-order chi connectivity index (χ0) is 16.3. The van der Waals surface area contributed by atoms with Crippen LogP contribution in [0, 0.1) is 0 Å². The first-order valence-corrected chi connectivity index (χ1v) is 9.52. The Morgan fingerprint density at radius 3 is 2.65 bits per heavy atom. The second-order valence-electron chi connectivity index (χ2n) is 6.06. The van der Waals surface area contributed by atoms with E-state index in [0.717, 1.165) is 25.7 Å². The number of carbonyl (C=O) groups is 1. The van der Waals surface area contributed by atoms with Crippen molar-refractivity contribution in [1.82, 2.24) is 9.62 Å². The van der Waals surface area contributed by atoms with Crippen molar-refractivity contribution in [1.29, 1.82) is 0 Å². The van der Waals surface area contributed by atoms with Crippen molar-refractivity contribution < 1.29 is 17.9 Å². The quantitative estimate of drug-likeness (QED) is 0.893. The molecule has 2 heterocycles. The molecule has 0 aliphatic carbocycles. The Morgan fingerprint density at radius 2 is 1.96 bits per heavy atom. The fourth-order valence-corrected chi connectivity index (χ4v) is 4.42. The van der Waals surface area contributed by atoms with Crippen LogP contribution in [-0.2, 0) is 19.6 Å². The lowest BCUT2D eigenvalue weighted by Crippen LogP contribution is -2.51. The third kappa shape index (κ3) is 3.91. The molecule has 0 radical (unpaired) electrons. The molecule has 1 N–H and O–H groups in total. The Hall–Kier alpha value is -1.44. The largest absolute Gasteiger partial charge is 0.368 e. The number of likely N-dealkylation sites (tertiary alicyclic amines) is 1. The van der Waals surface area contributed by atoms with Crippen LogP contribution in [0.5, 0.6) is 0 Å². The highest BCUT2D eigenvalue weighted by Crippen LogP contribution is 2.19. The van der Waals surface area contributed by atoms with Gasteiger partial charge in [-0.3, -0.25) is 4.79 Å². The van der Waals surface area contributed by atoms with E-state index in [4.69, 9.17) is 4.74 Å². The summed E-state index contributed by atoms with van der Waals surface area (Å²) in [4.78, 5) is 14.4. The van der Waals surface area contributed by atoms with Gasteiger partial charge in [-0.1, -0.05) is 18.2 Å². The van der Waals surface area contributed by atoms with Crippen LogP contribution in [0.4, 0.5) is 0 Å². The number of nitrogens with one attached hydrogen (secondary N) is 1. The molecule has 1 aromatic rings. The predicted molar refractivity (Wildman–Crippen MR) is 85.3 cm³/mol. The van der Waals surface area contributed by atoms with Crippen LogP contribution in [0.25, 0.3) is 0 Å². The molecule has 0 aromatic heterocycles. The van der Waals surface area contributed by atoms with Gasteiger partial charge >= 0.3 is 0 Å². The average Bonchev–Trinajstić information content (AvgIpc) is 3.09. The molecule has 2 saturated heterocycles. The third-order valence-corrected chi connectivity index (χ3v) is 5.85. The molecular formula is C16H22N2O4S. The monoisotopic (exact) mass is 338 g/mol. The van der Waals surface area contributed by atoms with E-state index >= 15 is 0 Å². The summed E-state index contributed by atoms with van der Waals surface area (Å²) in [6, 6.07) is 8.06. The molecule has 1 aromatic carbocycles. The van der Waals surface area contributed by atoms with Gasteiger partial charge in [-0.05, 0) is 37.8 Å². The van der Waals surface area contributed by atoms with Crippen LogP contribution in [0.1, 0.15) is 25.7 Å². The Morgan fingerprint density at radius 1 is 1.17 bits per heavy atom. The van der Waals surface area contributed by atoms with E-state index in [9.17, 15) is 13.2 Å². The van der Waals surface area contributed by atoms with Gasteiger partial charge in [0.15, 0.2) is 0 Å². The van der Waals surface area contributed by atoms with Gasteiger partial charge in [0.05, 0.1) is 4.90 Å². The lowest BCUT2D eigenvalue weighted by atomic mass is 10.1. The summed E-state index contributed by atoms with van der Waals surface area (Å²) in [5.74, 6) is -0.00823. The van der Waals surface area contributed by atoms with E-state index in [-0.39, 0.29) is 22.9 Å². The third-order valence-electron chi connectivity index (χ3n) is 4.31. The highest BCUT2D eigenvalue weighted by Gasteiger charge is 2.32. The Bertz CT molecular complexity index is 641. The summed E-state index contributed by atoms with van der Waals surface area (Å²) in [6.07, 6.45) is 2.85. The summed E-state index contributed by atoms with van der Waals surface area (Å²) < 4.78 is 33.0. The first-order valence-electron chi connectivity index (χ1n) is 8.04. The number of hydrogen-bond donors (Lipinski definition) is 1. The molecule has 2 aliphatic rings.